The molecule has 8 nitrogen and oxygen atoms in total. The van der Waals surface area contributed by atoms with Gasteiger partial charge in [0.05, 0.1) is 41.2 Å². The van der Waals surface area contributed by atoms with E-state index in [1.54, 1.807) is 43.5 Å². The van der Waals surface area contributed by atoms with Crippen molar-refractivity contribution >= 4 is 23.4 Å². The predicted molar refractivity (Wildman–Crippen MR) is 142 cm³/mol. The van der Waals surface area contributed by atoms with Crippen LogP contribution in [-0.4, -0.2) is 35.0 Å². The molecule has 37 heavy (non-hydrogen) atoms. The number of hydrogen-bond acceptors (Lipinski definition) is 8. The summed E-state index contributed by atoms with van der Waals surface area (Å²) in [4.78, 5) is 32.0. The van der Waals surface area contributed by atoms with Gasteiger partial charge in [-0.15, -0.1) is 0 Å². The van der Waals surface area contributed by atoms with Gasteiger partial charge in [0.15, 0.2) is 16.3 Å². The highest BCUT2D eigenvalue weighted by atomic mass is 32.1. The van der Waals surface area contributed by atoms with Gasteiger partial charge in [0.25, 0.3) is 5.56 Å². The summed E-state index contributed by atoms with van der Waals surface area (Å²) < 4.78 is 18.6. The third-order valence-corrected chi connectivity index (χ3v) is 6.66. The molecule has 0 amide bonds. The molecule has 0 bridgehead atoms. The molecular formula is C28H30N2O6S. The minimum Gasteiger partial charge on any atom is -0.504 e. The lowest BCUT2D eigenvalue weighted by Gasteiger charge is -2.25. The van der Waals surface area contributed by atoms with E-state index in [9.17, 15) is 14.7 Å². The van der Waals surface area contributed by atoms with Crippen molar-refractivity contribution < 1.29 is 24.1 Å². The molecule has 3 aromatic rings. The molecule has 9 heteroatoms. The monoisotopic (exact) mass is 522 g/mol. The summed E-state index contributed by atoms with van der Waals surface area (Å²) in [6.07, 6.45) is 1.40. The first-order valence-corrected chi connectivity index (χ1v) is 13.0. The second kappa shape index (κ2) is 11.0. The number of thiazole rings is 1. The van der Waals surface area contributed by atoms with Crippen LogP contribution in [0.4, 0.5) is 0 Å². The number of ether oxygens (including phenoxy) is 3. The van der Waals surface area contributed by atoms with Gasteiger partial charge < -0.3 is 19.3 Å². The van der Waals surface area contributed by atoms with E-state index in [1.807, 2.05) is 38.1 Å². The molecule has 0 fully saturated rings. The lowest BCUT2D eigenvalue weighted by molar-refractivity contribution is -0.143. The van der Waals surface area contributed by atoms with Gasteiger partial charge in [-0.3, -0.25) is 9.36 Å². The molecular weight excluding hydrogens is 492 g/mol. The molecule has 2 aromatic carbocycles. The number of fused-ring (bicyclic) bond motifs is 1. The van der Waals surface area contributed by atoms with Crippen LogP contribution in [0.3, 0.4) is 0 Å². The average molecular weight is 523 g/mol. The third-order valence-electron chi connectivity index (χ3n) is 5.67. The molecule has 1 aliphatic rings. The largest absolute Gasteiger partial charge is 0.504 e. The Kier molecular flexibility index (Phi) is 7.83. The van der Waals surface area contributed by atoms with E-state index in [2.05, 4.69) is 4.99 Å². The van der Waals surface area contributed by atoms with E-state index >= 15 is 0 Å². The molecule has 0 saturated carbocycles. The lowest BCUT2D eigenvalue weighted by atomic mass is 9.96. The molecule has 1 aromatic heterocycles. The van der Waals surface area contributed by atoms with Crippen LogP contribution < -0.4 is 24.4 Å². The summed E-state index contributed by atoms with van der Waals surface area (Å²) in [5.41, 5.74) is 1.97. The zero-order valence-corrected chi connectivity index (χ0v) is 22.3. The van der Waals surface area contributed by atoms with Crippen molar-refractivity contribution in [3.63, 3.8) is 0 Å². The van der Waals surface area contributed by atoms with Crippen molar-refractivity contribution in [1.29, 1.82) is 0 Å². The SMILES string of the molecule is CCOc1ccc(C2C(C(=O)OC(C)C)=C(C)N=c3sc(=Cc4ccc(O)c(OCC)c4)c(=O)n32)cc1. The van der Waals surface area contributed by atoms with Crippen LogP contribution in [0.15, 0.2) is 63.5 Å². The topological polar surface area (TPSA) is 99.4 Å². The molecule has 2 heterocycles. The van der Waals surface area contributed by atoms with E-state index in [-0.39, 0.29) is 17.4 Å². The molecule has 4 rings (SSSR count). The first kappa shape index (κ1) is 26.2. The molecule has 0 radical (unpaired) electrons. The van der Waals surface area contributed by atoms with Gasteiger partial charge in [-0.2, -0.15) is 0 Å². The van der Waals surface area contributed by atoms with Crippen molar-refractivity contribution in [2.24, 2.45) is 4.99 Å². The Morgan fingerprint density at radius 3 is 2.49 bits per heavy atom. The Morgan fingerprint density at radius 2 is 1.84 bits per heavy atom. The highest BCUT2D eigenvalue weighted by Crippen LogP contribution is 2.32. The fourth-order valence-corrected chi connectivity index (χ4v) is 5.18. The summed E-state index contributed by atoms with van der Waals surface area (Å²) >= 11 is 1.24. The number of carbonyl (C=O) groups is 1. The molecule has 0 aliphatic carbocycles. The Morgan fingerprint density at radius 1 is 1.14 bits per heavy atom. The Bertz CT molecular complexity index is 1520. The van der Waals surface area contributed by atoms with Crippen LogP contribution in [0.2, 0.25) is 0 Å². The van der Waals surface area contributed by atoms with E-state index in [0.29, 0.717) is 50.9 Å². The summed E-state index contributed by atoms with van der Waals surface area (Å²) in [5, 5.41) is 10.0. The third kappa shape index (κ3) is 5.46. The maximum absolute atomic E-state index is 13.7. The fourth-order valence-electron chi connectivity index (χ4n) is 4.13. The van der Waals surface area contributed by atoms with Crippen LogP contribution in [-0.2, 0) is 9.53 Å². The molecule has 1 aliphatic heterocycles. The highest BCUT2D eigenvalue weighted by Gasteiger charge is 2.33. The molecule has 0 saturated heterocycles. The molecule has 194 valence electrons. The van der Waals surface area contributed by atoms with Gasteiger partial charge in [0.2, 0.25) is 0 Å². The molecule has 0 spiro atoms. The smallest absolute Gasteiger partial charge is 0.338 e. The average Bonchev–Trinajstić information content (AvgIpc) is 3.15. The van der Waals surface area contributed by atoms with Crippen molar-refractivity contribution in [2.45, 2.75) is 46.8 Å². The van der Waals surface area contributed by atoms with Crippen LogP contribution in [0.1, 0.15) is 51.8 Å². The minimum absolute atomic E-state index is 0.0277. The number of aromatic hydroxyl groups is 1. The van der Waals surface area contributed by atoms with Crippen molar-refractivity contribution in [2.75, 3.05) is 13.2 Å². The van der Waals surface area contributed by atoms with Crippen molar-refractivity contribution in [1.82, 2.24) is 4.57 Å². The van der Waals surface area contributed by atoms with Gasteiger partial charge in [-0.05, 0) is 76.1 Å². The normalized spacial score (nSPS) is 15.4. The van der Waals surface area contributed by atoms with E-state index < -0.39 is 12.0 Å². The standard InChI is InChI=1S/C28H30N2O6S/c1-6-34-20-11-9-19(10-12-20)25-24(27(33)36-16(3)4)17(5)29-28-30(25)26(32)23(37-28)15-18-8-13-21(31)22(14-18)35-7-2/h8-16,25,31H,6-7H2,1-5H3. The second-order valence-corrected chi connectivity index (χ2v) is 9.71. The minimum atomic E-state index is -0.709. The van der Waals surface area contributed by atoms with Gasteiger partial charge >= 0.3 is 5.97 Å². The number of rotatable bonds is 8. The maximum Gasteiger partial charge on any atom is 0.338 e. The Balaban J connectivity index is 1.89. The fraction of sp³-hybridized carbons (Fsp3) is 0.321. The maximum atomic E-state index is 13.7. The quantitative estimate of drug-likeness (QED) is 0.453. The Labute approximate surface area is 218 Å². The van der Waals surface area contributed by atoms with E-state index in [4.69, 9.17) is 14.2 Å². The number of nitrogens with zero attached hydrogens (tertiary/aromatic N) is 2. The second-order valence-electron chi connectivity index (χ2n) is 8.70. The zero-order valence-electron chi connectivity index (χ0n) is 21.5. The number of aromatic nitrogens is 1. The first-order chi connectivity index (χ1) is 17.7. The predicted octanol–water partition coefficient (Wildman–Crippen LogP) is 3.69. The summed E-state index contributed by atoms with van der Waals surface area (Å²) in [6, 6.07) is 11.5. The van der Waals surface area contributed by atoms with Crippen LogP contribution >= 0.6 is 11.3 Å². The summed E-state index contributed by atoms with van der Waals surface area (Å²) in [5.74, 6) is 0.554. The Hall–Kier alpha value is -3.85. The van der Waals surface area contributed by atoms with Gasteiger partial charge in [-0.1, -0.05) is 29.5 Å². The van der Waals surface area contributed by atoms with Crippen LogP contribution in [0, 0.1) is 0 Å². The van der Waals surface area contributed by atoms with Gasteiger partial charge in [-0.25, -0.2) is 9.79 Å². The lowest BCUT2D eigenvalue weighted by Crippen LogP contribution is -2.40. The summed E-state index contributed by atoms with van der Waals surface area (Å²) in [6.45, 7) is 9.98. The van der Waals surface area contributed by atoms with E-state index in [1.165, 1.54) is 17.4 Å². The number of hydrogen-bond donors (Lipinski definition) is 1. The number of esters is 1. The number of benzene rings is 2. The van der Waals surface area contributed by atoms with Crippen LogP contribution in [0.5, 0.6) is 17.2 Å². The molecule has 1 unspecified atom stereocenters. The van der Waals surface area contributed by atoms with E-state index in [0.717, 1.165) is 5.56 Å². The number of phenols is 1. The zero-order chi connectivity index (χ0) is 26.7. The first-order valence-electron chi connectivity index (χ1n) is 12.2. The molecule has 1 N–H and O–H groups in total. The van der Waals surface area contributed by atoms with Crippen LogP contribution in [0.25, 0.3) is 6.08 Å². The van der Waals surface area contributed by atoms with Crippen molar-refractivity contribution in [3.05, 3.63) is 84.5 Å². The highest BCUT2D eigenvalue weighted by molar-refractivity contribution is 7.07. The summed E-state index contributed by atoms with van der Waals surface area (Å²) in [7, 11) is 0. The number of allylic oxidation sites excluding steroid dienone is 1. The number of carbonyl (C=O) groups excluding carboxylic acids is 1. The molecule has 1 atom stereocenters. The van der Waals surface area contributed by atoms with Gasteiger partial charge in [0.1, 0.15) is 5.75 Å². The number of phenolic OH excluding ortho intramolecular Hbond substituents is 1. The van der Waals surface area contributed by atoms with Gasteiger partial charge in [0, 0.05) is 0 Å². The van der Waals surface area contributed by atoms with Crippen molar-refractivity contribution in [3.8, 4) is 17.2 Å².